The fourth-order valence-electron chi connectivity index (χ4n) is 1.15. The lowest BCUT2D eigenvalue weighted by molar-refractivity contribution is 0.578. The van der Waals surface area contributed by atoms with E-state index in [1.807, 2.05) is 0 Å². The van der Waals surface area contributed by atoms with Crippen molar-refractivity contribution in [3.05, 3.63) is 28.7 Å². The first-order valence-electron chi connectivity index (χ1n) is 4.94. The van der Waals surface area contributed by atoms with Gasteiger partial charge in [0.15, 0.2) is 0 Å². The second-order valence-corrected chi connectivity index (χ2v) is 7.99. The highest BCUT2D eigenvalue weighted by atomic mass is 79.9. The molecule has 0 spiro atoms. The van der Waals surface area contributed by atoms with Crippen molar-refractivity contribution in [1.82, 2.24) is 9.44 Å². The monoisotopic (exact) mass is 356 g/mol. The van der Waals surface area contributed by atoms with E-state index in [0.717, 1.165) is 0 Å². The Kier molecular flexibility index (Phi) is 5.29. The Balaban J connectivity index is 2.76. The number of hydrogen-bond acceptors (Lipinski definition) is 4. The molecule has 102 valence electrons. The molecule has 0 heterocycles. The number of sulfonamides is 2. The minimum Gasteiger partial charge on any atom is -0.218 e. The van der Waals surface area contributed by atoms with Gasteiger partial charge >= 0.3 is 0 Å². The van der Waals surface area contributed by atoms with E-state index in [9.17, 15) is 16.8 Å². The summed E-state index contributed by atoms with van der Waals surface area (Å²) in [5.41, 5.74) is 0. The molecule has 0 unspecified atom stereocenters. The minimum atomic E-state index is -3.71. The second kappa shape index (κ2) is 6.11. The van der Waals surface area contributed by atoms with Crippen molar-refractivity contribution < 1.29 is 16.8 Å². The molecule has 18 heavy (non-hydrogen) atoms. The second-order valence-electron chi connectivity index (χ2n) is 3.35. The van der Waals surface area contributed by atoms with Crippen LogP contribution >= 0.6 is 15.9 Å². The van der Waals surface area contributed by atoms with E-state index in [1.54, 1.807) is 18.2 Å². The van der Waals surface area contributed by atoms with E-state index in [4.69, 9.17) is 0 Å². The average molecular weight is 357 g/mol. The first-order chi connectivity index (χ1) is 8.28. The number of nitrogens with one attached hydrogen (secondary N) is 2. The number of rotatable bonds is 6. The summed E-state index contributed by atoms with van der Waals surface area (Å²) < 4.78 is 50.8. The fraction of sp³-hybridized carbons (Fsp3) is 0.333. The summed E-state index contributed by atoms with van der Waals surface area (Å²) in [6.45, 7) is -0.188. The fourth-order valence-corrected chi connectivity index (χ4v) is 3.89. The van der Waals surface area contributed by atoms with Crippen LogP contribution in [0.25, 0.3) is 0 Å². The van der Waals surface area contributed by atoms with Crippen LogP contribution in [0.1, 0.15) is 0 Å². The van der Waals surface area contributed by atoms with Gasteiger partial charge in [-0.3, -0.25) is 0 Å². The molecule has 0 aliphatic heterocycles. The van der Waals surface area contributed by atoms with Crippen LogP contribution < -0.4 is 9.44 Å². The summed E-state index contributed by atoms with van der Waals surface area (Å²) >= 11 is 3.13. The van der Waals surface area contributed by atoms with Crippen LogP contribution in [-0.2, 0) is 20.0 Å². The molecule has 0 saturated carbocycles. The first kappa shape index (κ1) is 15.6. The lowest BCUT2D eigenvalue weighted by atomic mass is 10.4. The van der Waals surface area contributed by atoms with Crippen LogP contribution in [0, 0.1) is 0 Å². The Morgan fingerprint density at radius 3 is 2.33 bits per heavy atom. The minimum absolute atomic E-state index is 0.0758. The molecular weight excluding hydrogens is 344 g/mol. The van der Waals surface area contributed by atoms with Gasteiger partial charge in [-0.2, -0.15) is 0 Å². The van der Waals surface area contributed by atoms with Gasteiger partial charge in [0, 0.05) is 11.0 Å². The maximum Gasteiger partial charge on any atom is 0.241 e. The third kappa shape index (κ3) is 4.32. The van der Waals surface area contributed by atoms with Crippen LogP contribution in [0.2, 0.25) is 0 Å². The molecule has 0 aliphatic rings. The zero-order chi connectivity index (χ0) is 13.8. The molecule has 1 aromatic rings. The largest absolute Gasteiger partial charge is 0.241 e. The van der Waals surface area contributed by atoms with Crippen molar-refractivity contribution in [3.63, 3.8) is 0 Å². The molecule has 0 aromatic heterocycles. The molecule has 1 aromatic carbocycles. The van der Waals surface area contributed by atoms with Gasteiger partial charge in [-0.25, -0.2) is 26.3 Å². The van der Waals surface area contributed by atoms with Crippen molar-refractivity contribution in [2.45, 2.75) is 4.90 Å². The topological polar surface area (TPSA) is 92.3 Å². The zero-order valence-electron chi connectivity index (χ0n) is 9.55. The van der Waals surface area contributed by atoms with E-state index in [-0.39, 0.29) is 17.2 Å². The van der Waals surface area contributed by atoms with Gasteiger partial charge < -0.3 is 0 Å². The molecule has 0 bridgehead atoms. The molecule has 0 radical (unpaired) electrons. The maximum absolute atomic E-state index is 11.9. The van der Waals surface area contributed by atoms with Gasteiger partial charge in [0.2, 0.25) is 20.0 Å². The lowest BCUT2D eigenvalue weighted by Crippen LogP contribution is -2.33. The Morgan fingerprint density at radius 1 is 1.17 bits per heavy atom. The number of halogens is 1. The van der Waals surface area contributed by atoms with Gasteiger partial charge in [0.1, 0.15) is 0 Å². The van der Waals surface area contributed by atoms with Crippen molar-refractivity contribution in [2.75, 3.05) is 19.3 Å². The highest BCUT2D eigenvalue weighted by molar-refractivity contribution is 9.10. The quantitative estimate of drug-likeness (QED) is 0.765. The van der Waals surface area contributed by atoms with E-state index in [0.29, 0.717) is 4.47 Å². The lowest BCUT2D eigenvalue weighted by Gasteiger charge is -2.08. The van der Waals surface area contributed by atoms with Gasteiger partial charge in [-0.05, 0) is 35.1 Å². The van der Waals surface area contributed by atoms with Crippen molar-refractivity contribution in [1.29, 1.82) is 0 Å². The molecule has 9 heteroatoms. The summed E-state index contributed by atoms with van der Waals surface area (Å²) in [7, 11) is -5.86. The highest BCUT2D eigenvalue weighted by Crippen LogP contribution is 2.20. The zero-order valence-corrected chi connectivity index (χ0v) is 12.8. The molecule has 0 saturated heterocycles. The van der Waals surface area contributed by atoms with Crippen molar-refractivity contribution in [2.24, 2.45) is 0 Å². The Hall–Kier alpha value is -0.480. The van der Waals surface area contributed by atoms with Gasteiger partial charge in [0.25, 0.3) is 0 Å². The third-order valence-corrected chi connectivity index (χ3v) is 5.94. The Bertz CT molecular complexity index is 613. The third-order valence-electron chi connectivity index (χ3n) is 2.10. The van der Waals surface area contributed by atoms with Gasteiger partial charge in [0.05, 0.1) is 10.6 Å². The number of hydrogen-bond donors (Lipinski definition) is 2. The molecule has 2 N–H and O–H groups in total. The van der Waals surface area contributed by atoms with Crippen LogP contribution in [0.15, 0.2) is 33.6 Å². The molecular formula is C9H13BrN2O4S2. The van der Waals surface area contributed by atoms with E-state index < -0.39 is 20.0 Å². The van der Waals surface area contributed by atoms with Crippen LogP contribution in [0.3, 0.4) is 0 Å². The summed E-state index contributed by atoms with van der Waals surface area (Å²) in [4.78, 5) is 0.0758. The molecule has 0 amide bonds. The number of benzene rings is 1. The first-order valence-corrected chi connectivity index (χ1v) is 8.87. The summed E-state index contributed by atoms with van der Waals surface area (Å²) in [6, 6.07) is 6.30. The molecule has 0 fully saturated rings. The Labute approximate surface area is 115 Å². The predicted molar refractivity (Wildman–Crippen MR) is 72.2 cm³/mol. The maximum atomic E-state index is 11.9. The van der Waals surface area contributed by atoms with Crippen molar-refractivity contribution >= 4 is 36.0 Å². The Morgan fingerprint density at radius 2 is 1.78 bits per heavy atom. The normalized spacial score (nSPS) is 12.6. The highest BCUT2D eigenvalue weighted by Gasteiger charge is 2.17. The van der Waals surface area contributed by atoms with Crippen molar-refractivity contribution in [3.8, 4) is 0 Å². The van der Waals surface area contributed by atoms with Crippen LogP contribution in [0.5, 0.6) is 0 Å². The van der Waals surface area contributed by atoms with Crippen LogP contribution in [-0.4, -0.2) is 36.2 Å². The SMILES string of the molecule is CNS(=O)(=O)CCNS(=O)(=O)c1ccccc1Br. The molecule has 0 atom stereocenters. The predicted octanol–water partition coefficient (Wildman–Crippen LogP) is 0.277. The van der Waals surface area contributed by atoms with E-state index in [2.05, 4.69) is 25.4 Å². The molecule has 0 aliphatic carbocycles. The standard InChI is InChI=1S/C9H13BrN2O4S2/c1-11-17(13,14)7-6-12-18(15,16)9-5-3-2-4-8(9)10/h2-5,11-12H,6-7H2,1H3. The molecule has 6 nitrogen and oxygen atoms in total. The summed E-state index contributed by atoms with van der Waals surface area (Å²) in [6.07, 6.45) is 0. The summed E-state index contributed by atoms with van der Waals surface area (Å²) in [5.74, 6) is -0.312. The van der Waals surface area contributed by atoms with Gasteiger partial charge in [-0.15, -0.1) is 0 Å². The summed E-state index contributed by atoms with van der Waals surface area (Å²) in [5, 5.41) is 0. The van der Waals surface area contributed by atoms with Crippen LogP contribution in [0.4, 0.5) is 0 Å². The van der Waals surface area contributed by atoms with E-state index in [1.165, 1.54) is 13.1 Å². The molecule has 1 rings (SSSR count). The van der Waals surface area contributed by atoms with E-state index >= 15 is 0 Å². The smallest absolute Gasteiger partial charge is 0.218 e. The average Bonchev–Trinajstić information content (AvgIpc) is 2.29. The van der Waals surface area contributed by atoms with Gasteiger partial charge in [-0.1, -0.05) is 12.1 Å².